The molecule has 40 heavy (non-hydrogen) atoms. The fraction of sp³-hybridized carbons (Fsp3) is 0.286. The lowest BCUT2D eigenvalue weighted by atomic mass is 9.87. The Morgan fingerprint density at radius 3 is 2.42 bits per heavy atom. The first-order valence-corrected chi connectivity index (χ1v) is 13.2. The first kappa shape index (κ1) is 24.3. The van der Waals surface area contributed by atoms with E-state index in [1.54, 1.807) is 10.9 Å². The van der Waals surface area contributed by atoms with Gasteiger partial charge in [0.2, 0.25) is 0 Å². The number of anilines is 3. The van der Waals surface area contributed by atoms with Crippen LogP contribution in [-0.4, -0.2) is 69.6 Å². The molecule has 3 saturated heterocycles. The van der Waals surface area contributed by atoms with Gasteiger partial charge in [0.05, 0.1) is 24.3 Å². The standard InChI is InChI=1S/C28H28FN11/c1-18-7-25(35-22-12-32-37(2)15-22)36-28(34-18)20-4-6-26(31-10-20)38-16-23-8-24(17-38)39(23)13-19-3-5-27(30-9-19)40-14-21(29)11-33-40/h3-7,9-12,14-15,23-24H,8,13,16-17H2,1-2H3,(H,34,35,36). The molecule has 0 aliphatic carbocycles. The van der Waals surface area contributed by atoms with Crippen molar-refractivity contribution in [3.05, 3.63) is 84.6 Å². The van der Waals surface area contributed by atoms with Crippen molar-refractivity contribution in [1.82, 2.24) is 44.4 Å². The van der Waals surface area contributed by atoms with E-state index in [1.165, 1.54) is 23.5 Å². The SMILES string of the molecule is Cc1cc(Nc2cnn(C)c2)nc(-c2ccc(N3CC4CC(C3)N4Cc3ccc(-n4cc(F)cn4)nc3)nc2)n1. The predicted octanol–water partition coefficient (Wildman–Crippen LogP) is 3.51. The quantitative estimate of drug-likeness (QED) is 0.334. The van der Waals surface area contributed by atoms with Crippen LogP contribution in [0.1, 0.15) is 17.7 Å². The Balaban J connectivity index is 0.991. The largest absolute Gasteiger partial charge is 0.353 e. The van der Waals surface area contributed by atoms with Gasteiger partial charge in [0, 0.05) is 74.7 Å². The van der Waals surface area contributed by atoms with Gasteiger partial charge in [0.15, 0.2) is 17.5 Å². The van der Waals surface area contributed by atoms with Crippen LogP contribution in [0.4, 0.5) is 21.7 Å². The van der Waals surface area contributed by atoms with Crippen molar-refractivity contribution >= 4 is 17.3 Å². The maximum absolute atomic E-state index is 13.3. The third-order valence-corrected chi connectivity index (χ3v) is 7.47. The zero-order valence-corrected chi connectivity index (χ0v) is 22.2. The number of hydrogen-bond acceptors (Lipinski definition) is 9. The lowest BCUT2D eigenvalue weighted by Crippen LogP contribution is -2.68. The average Bonchev–Trinajstić information content (AvgIpc) is 3.59. The second-order valence-electron chi connectivity index (χ2n) is 10.4. The number of halogens is 1. The molecule has 3 fully saturated rings. The third-order valence-electron chi connectivity index (χ3n) is 7.47. The highest BCUT2D eigenvalue weighted by molar-refractivity contribution is 5.61. The van der Waals surface area contributed by atoms with Crippen LogP contribution < -0.4 is 10.2 Å². The van der Waals surface area contributed by atoms with Crippen LogP contribution in [0, 0.1) is 12.7 Å². The van der Waals surface area contributed by atoms with E-state index in [-0.39, 0.29) is 5.82 Å². The van der Waals surface area contributed by atoms with Gasteiger partial charge in [0.25, 0.3) is 0 Å². The molecule has 5 aromatic heterocycles. The van der Waals surface area contributed by atoms with Gasteiger partial charge < -0.3 is 10.2 Å². The number of nitrogens with one attached hydrogen (secondary N) is 1. The van der Waals surface area contributed by atoms with Crippen LogP contribution in [0.15, 0.2) is 67.5 Å². The van der Waals surface area contributed by atoms with E-state index in [0.717, 1.165) is 53.8 Å². The number of piperazine rings is 1. The van der Waals surface area contributed by atoms with Crippen molar-refractivity contribution < 1.29 is 4.39 Å². The molecule has 0 amide bonds. The van der Waals surface area contributed by atoms with E-state index in [4.69, 9.17) is 9.97 Å². The Hall–Kier alpha value is -4.71. The fourth-order valence-electron chi connectivity index (χ4n) is 5.52. The van der Waals surface area contributed by atoms with Crippen LogP contribution in [0.25, 0.3) is 17.2 Å². The van der Waals surface area contributed by atoms with Crippen LogP contribution in [0.3, 0.4) is 0 Å². The molecule has 2 unspecified atom stereocenters. The molecule has 0 saturated carbocycles. The summed E-state index contributed by atoms with van der Waals surface area (Å²) in [6, 6.07) is 10.9. The first-order valence-electron chi connectivity index (χ1n) is 13.2. The van der Waals surface area contributed by atoms with Gasteiger partial charge in [-0.15, -0.1) is 0 Å². The number of piperidine rings is 1. The lowest BCUT2D eigenvalue weighted by Gasteiger charge is -2.56. The van der Waals surface area contributed by atoms with Crippen LogP contribution >= 0.6 is 0 Å². The van der Waals surface area contributed by atoms with E-state index >= 15 is 0 Å². The highest BCUT2D eigenvalue weighted by Gasteiger charge is 2.44. The van der Waals surface area contributed by atoms with E-state index in [1.807, 2.05) is 56.8 Å². The van der Waals surface area contributed by atoms with Gasteiger partial charge in [-0.3, -0.25) is 9.58 Å². The molecule has 0 aromatic carbocycles. The topological polar surface area (TPSA) is 106 Å². The Kier molecular flexibility index (Phi) is 5.96. The summed E-state index contributed by atoms with van der Waals surface area (Å²) in [6.07, 6.45) is 11.1. The van der Waals surface area contributed by atoms with Crippen LogP contribution in [0.5, 0.6) is 0 Å². The van der Waals surface area contributed by atoms with Gasteiger partial charge in [0.1, 0.15) is 11.6 Å². The second kappa shape index (κ2) is 9.79. The zero-order valence-electron chi connectivity index (χ0n) is 22.2. The molecule has 2 bridgehead atoms. The third kappa shape index (κ3) is 4.77. The summed E-state index contributed by atoms with van der Waals surface area (Å²) in [5.74, 6) is 2.55. The molecule has 0 radical (unpaired) electrons. The van der Waals surface area contributed by atoms with Gasteiger partial charge in [-0.25, -0.2) is 29.0 Å². The Labute approximate surface area is 230 Å². The molecular formula is C28H28FN11. The molecular weight excluding hydrogens is 509 g/mol. The first-order chi connectivity index (χ1) is 19.5. The van der Waals surface area contributed by atoms with Crippen molar-refractivity contribution in [1.29, 1.82) is 0 Å². The smallest absolute Gasteiger partial charge is 0.163 e. The number of aromatic nitrogens is 8. The minimum absolute atomic E-state index is 0.375. The highest BCUT2D eigenvalue weighted by Crippen LogP contribution is 2.35. The van der Waals surface area contributed by atoms with Crippen LogP contribution in [0.2, 0.25) is 0 Å². The summed E-state index contributed by atoms with van der Waals surface area (Å²) in [6.45, 7) is 4.66. The van der Waals surface area contributed by atoms with Crippen molar-refractivity contribution in [2.75, 3.05) is 23.3 Å². The Bertz CT molecular complexity index is 1630. The molecule has 0 spiro atoms. The normalized spacial score (nSPS) is 18.5. The van der Waals surface area contributed by atoms with E-state index in [0.29, 0.717) is 23.7 Å². The summed E-state index contributed by atoms with van der Waals surface area (Å²) < 4.78 is 16.4. The Morgan fingerprint density at radius 2 is 1.75 bits per heavy atom. The average molecular weight is 538 g/mol. The monoisotopic (exact) mass is 537 g/mol. The van der Waals surface area contributed by atoms with Gasteiger partial charge >= 0.3 is 0 Å². The number of hydrogen-bond donors (Lipinski definition) is 1. The lowest BCUT2D eigenvalue weighted by molar-refractivity contribution is -0.00875. The predicted molar refractivity (Wildman–Crippen MR) is 148 cm³/mol. The molecule has 3 aliphatic heterocycles. The van der Waals surface area contributed by atoms with Gasteiger partial charge in [-0.1, -0.05) is 6.07 Å². The van der Waals surface area contributed by atoms with E-state index in [9.17, 15) is 4.39 Å². The maximum atomic E-state index is 13.3. The molecule has 202 valence electrons. The highest BCUT2D eigenvalue weighted by atomic mass is 19.1. The van der Waals surface area contributed by atoms with Crippen molar-refractivity contribution in [2.24, 2.45) is 7.05 Å². The summed E-state index contributed by atoms with van der Waals surface area (Å²) in [5.41, 5.74) is 3.76. The number of pyridine rings is 2. The summed E-state index contributed by atoms with van der Waals surface area (Å²) >= 11 is 0. The summed E-state index contributed by atoms with van der Waals surface area (Å²) in [7, 11) is 1.88. The molecule has 8 heterocycles. The van der Waals surface area contributed by atoms with E-state index in [2.05, 4.69) is 41.3 Å². The van der Waals surface area contributed by atoms with Gasteiger partial charge in [-0.05, 0) is 37.1 Å². The number of rotatable bonds is 7. The molecule has 3 aliphatic rings. The number of aryl methyl sites for hydroxylation is 2. The maximum Gasteiger partial charge on any atom is 0.163 e. The molecule has 8 rings (SSSR count). The fourth-order valence-corrected chi connectivity index (χ4v) is 5.52. The molecule has 12 heteroatoms. The Morgan fingerprint density at radius 1 is 0.925 bits per heavy atom. The number of fused-ring (bicyclic) bond motifs is 2. The van der Waals surface area contributed by atoms with Crippen molar-refractivity contribution in [3.63, 3.8) is 0 Å². The molecule has 5 aromatic rings. The van der Waals surface area contributed by atoms with E-state index < -0.39 is 0 Å². The summed E-state index contributed by atoms with van der Waals surface area (Å²) in [4.78, 5) is 23.5. The molecule has 2 atom stereocenters. The summed E-state index contributed by atoms with van der Waals surface area (Å²) in [5, 5.41) is 11.5. The minimum Gasteiger partial charge on any atom is -0.353 e. The zero-order chi connectivity index (χ0) is 27.2. The molecule has 11 nitrogen and oxygen atoms in total. The second-order valence-corrected chi connectivity index (χ2v) is 10.4. The van der Waals surface area contributed by atoms with Crippen LogP contribution in [-0.2, 0) is 13.6 Å². The minimum atomic E-state index is -0.375. The van der Waals surface area contributed by atoms with Crippen molar-refractivity contribution in [3.8, 4) is 17.2 Å². The number of nitrogens with zero attached hydrogens (tertiary/aromatic N) is 10. The van der Waals surface area contributed by atoms with Crippen molar-refractivity contribution in [2.45, 2.75) is 32.0 Å². The molecule has 1 N–H and O–H groups in total. The van der Waals surface area contributed by atoms with Gasteiger partial charge in [-0.2, -0.15) is 10.2 Å².